The molecule has 1 aromatic carbocycles. The van der Waals surface area contributed by atoms with E-state index in [0.29, 0.717) is 36.0 Å². The van der Waals surface area contributed by atoms with Crippen molar-refractivity contribution in [3.63, 3.8) is 0 Å². The van der Waals surface area contributed by atoms with Crippen LogP contribution in [0.4, 0.5) is 5.13 Å². The van der Waals surface area contributed by atoms with E-state index in [-0.39, 0.29) is 5.91 Å². The fraction of sp³-hybridized carbons (Fsp3) is 0.240. The molecule has 0 unspecified atom stereocenters. The smallest absolute Gasteiger partial charge is 0.252 e. The van der Waals surface area contributed by atoms with Crippen LogP contribution in [0, 0.1) is 6.92 Å². The molecule has 8 nitrogen and oxygen atoms in total. The SMILES string of the molecule is Cc1nn(-c2ccccn2)c2nc(C3CC3)cc(C(=O)NCCNc3nc4ccccc4s3)c12. The van der Waals surface area contributed by atoms with E-state index >= 15 is 0 Å². The number of nitrogens with one attached hydrogen (secondary N) is 2. The second kappa shape index (κ2) is 8.49. The highest BCUT2D eigenvalue weighted by atomic mass is 32.1. The Hall–Kier alpha value is -3.85. The van der Waals surface area contributed by atoms with Crippen molar-refractivity contribution >= 4 is 43.6 Å². The average Bonchev–Trinajstić information content (AvgIpc) is 3.55. The fourth-order valence-corrected chi connectivity index (χ4v) is 4.99. The zero-order chi connectivity index (χ0) is 23.1. The number of pyridine rings is 2. The molecule has 0 radical (unpaired) electrons. The summed E-state index contributed by atoms with van der Waals surface area (Å²) in [6.07, 6.45) is 3.93. The molecule has 6 rings (SSSR count). The quantitative estimate of drug-likeness (QED) is 0.342. The number of carbonyl (C=O) groups excluding carboxylic acids is 1. The summed E-state index contributed by atoms with van der Waals surface area (Å²) >= 11 is 1.61. The lowest BCUT2D eigenvalue weighted by Gasteiger charge is -2.10. The van der Waals surface area contributed by atoms with Gasteiger partial charge in [-0.05, 0) is 50.1 Å². The van der Waals surface area contributed by atoms with Crippen molar-refractivity contribution in [1.82, 2.24) is 30.0 Å². The van der Waals surface area contributed by atoms with Gasteiger partial charge in [0.2, 0.25) is 0 Å². The van der Waals surface area contributed by atoms with Crippen LogP contribution in [-0.4, -0.2) is 43.7 Å². The maximum atomic E-state index is 13.3. The van der Waals surface area contributed by atoms with Crippen LogP contribution in [0.3, 0.4) is 0 Å². The highest BCUT2D eigenvalue weighted by molar-refractivity contribution is 7.22. The third-order valence-electron chi connectivity index (χ3n) is 5.92. The number of benzene rings is 1. The van der Waals surface area contributed by atoms with Crippen molar-refractivity contribution in [2.24, 2.45) is 0 Å². The Bertz CT molecular complexity index is 1470. The lowest BCUT2D eigenvalue weighted by atomic mass is 10.1. The van der Waals surface area contributed by atoms with Crippen LogP contribution < -0.4 is 10.6 Å². The zero-order valence-corrected chi connectivity index (χ0v) is 19.5. The first-order chi connectivity index (χ1) is 16.7. The van der Waals surface area contributed by atoms with Gasteiger partial charge >= 0.3 is 0 Å². The summed E-state index contributed by atoms with van der Waals surface area (Å²) in [5, 5.41) is 12.7. The summed E-state index contributed by atoms with van der Waals surface area (Å²) < 4.78 is 2.88. The highest BCUT2D eigenvalue weighted by Crippen LogP contribution is 2.40. The molecule has 2 N–H and O–H groups in total. The van der Waals surface area contributed by atoms with Gasteiger partial charge in [0.1, 0.15) is 0 Å². The number of carbonyl (C=O) groups is 1. The van der Waals surface area contributed by atoms with Crippen molar-refractivity contribution in [2.75, 3.05) is 18.4 Å². The van der Waals surface area contributed by atoms with Gasteiger partial charge < -0.3 is 10.6 Å². The van der Waals surface area contributed by atoms with Crippen LogP contribution >= 0.6 is 11.3 Å². The van der Waals surface area contributed by atoms with Gasteiger partial charge in [-0.1, -0.05) is 29.5 Å². The van der Waals surface area contributed by atoms with Gasteiger partial charge in [0.25, 0.3) is 5.91 Å². The second-order valence-electron chi connectivity index (χ2n) is 8.42. The van der Waals surface area contributed by atoms with Crippen LogP contribution in [0.25, 0.3) is 27.1 Å². The van der Waals surface area contributed by atoms with E-state index in [1.807, 2.05) is 49.4 Å². The first-order valence-electron chi connectivity index (χ1n) is 11.4. The Balaban J connectivity index is 1.24. The third-order valence-corrected chi connectivity index (χ3v) is 6.91. The topological polar surface area (TPSA) is 97.6 Å². The molecule has 4 heterocycles. The molecule has 0 atom stereocenters. The first-order valence-corrected chi connectivity index (χ1v) is 12.2. The van der Waals surface area contributed by atoms with E-state index in [1.165, 1.54) is 0 Å². The third kappa shape index (κ3) is 3.88. The lowest BCUT2D eigenvalue weighted by Crippen LogP contribution is -2.29. The fourth-order valence-electron chi connectivity index (χ4n) is 4.10. The lowest BCUT2D eigenvalue weighted by molar-refractivity contribution is 0.0956. The Kier molecular flexibility index (Phi) is 5.18. The molecule has 0 aliphatic heterocycles. The predicted octanol–water partition coefficient (Wildman–Crippen LogP) is 4.45. The van der Waals surface area contributed by atoms with Crippen molar-refractivity contribution < 1.29 is 4.79 Å². The van der Waals surface area contributed by atoms with Gasteiger partial charge in [0, 0.05) is 30.9 Å². The summed E-state index contributed by atoms with van der Waals surface area (Å²) in [5.41, 5.74) is 3.98. The van der Waals surface area contributed by atoms with Crippen LogP contribution in [0.1, 0.15) is 40.5 Å². The molecular weight excluding hydrogens is 446 g/mol. The van der Waals surface area contributed by atoms with Gasteiger partial charge in [-0.2, -0.15) is 9.78 Å². The molecule has 4 aromatic heterocycles. The molecule has 5 aromatic rings. The summed E-state index contributed by atoms with van der Waals surface area (Å²) in [6, 6.07) is 15.7. The molecule has 1 saturated carbocycles. The molecule has 170 valence electrons. The van der Waals surface area contributed by atoms with Crippen molar-refractivity contribution in [3.8, 4) is 5.82 Å². The summed E-state index contributed by atoms with van der Waals surface area (Å²) in [5.74, 6) is 0.973. The minimum absolute atomic E-state index is 0.121. The number of para-hydroxylation sites is 1. The molecule has 1 fully saturated rings. The monoisotopic (exact) mass is 469 g/mol. The number of nitrogens with zero attached hydrogens (tertiary/aromatic N) is 5. The van der Waals surface area contributed by atoms with E-state index in [4.69, 9.17) is 4.98 Å². The largest absolute Gasteiger partial charge is 0.360 e. The molecule has 9 heteroatoms. The number of aryl methyl sites for hydroxylation is 1. The Morgan fingerprint density at radius 1 is 1.12 bits per heavy atom. The van der Waals surface area contributed by atoms with Gasteiger partial charge in [-0.25, -0.2) is 15.0 Å². The number of rotatable bonds is 7. The number of anilines is 1. The number of thiazole rings is 1. The second-order valence-corrected chi connectivity index (χ2v) is 9.45. The highest BCUT2D eigenvalue weighted by Gasteiger charge is 2.29. The average molecular weight is 470 g/mol. The molecule has 1 aliphatic carbocycles. The molecule has 1 aliphatic rings. The molecule has 0 spiro atoms. The minimum atomic E-state index is -0.121. The summed E-state index contributed by atoms with van der Waals surface area (Å²) in [7, 11) is 0. The Morgan fingerprint density at radius 3 is 2.76 bits per heavy atom. The van der Waals surface area contributed by atoms with Gasteiger partial charge in [0.15, 0.2) is 16.6 Å². The minimum Gasteiger partial charge on any atom is -0.360 e. The predicted molar refractivity (Wildman–Crippen MR) is 134 cm³/mol. The maximum Gasteiger partial charge on any atom is 0.252 e. The van der Waals surface area contributed by atoms with Crippen molar-refractivity contribution in [2.45, 2.75) is 25.7 Å². The molecule has 0 bridgehead atoms. The van der Waals surface area contributed by atoms with Crippen LogP contribution in [-0.2, 0) is 0 Å². The van der Waals surface area contributed by atoms with Crippen LogP contribution in [0.15, 0.2) is 54.7 Å². The van der Waals surface area contributed by atoms with Gasteiger partial charge in [-0.3, -0.25) is 4.79 Å². The van der Waals surface area contributed by atoms with Crippen LogP contribution in [0.2, 0.25) is 0 Å². The van der Waals surface area contributed by atoms with E-state index in [9.17, 15) is 4.79 Å². The number of hydrogen-bond donors (Lipinski definition) is 2. The Labute approximate surface area is 200 Å². The van der Waals surface area contributed by atoms with E-state index in [0.717, 1.165) is 45.0 Å². The molecule has 34 heavy (non-hydrogen) atoms. The summed E-state index contributed by atoms with van der Waals surface area (Å²) in [4.78, 5) is 27.2. The van der Waals surface area contributed by atoms with Crippen LogP contribution in [0.5, 0.6) is 0 Å². The number of aromatic nitrogens is 5. The number of fused-ring (bicyclic) bond motifs is 2. The summed E-state index contributed by atoms with van der Waals surface area (Å²) in [6.45, 7) is 2.97. The Morgan fingerprint density at radius 2 is 1.97 bits per heavy atom. The van der Waals surface area contributed by atoms with E-state index in [1.54, 1.807) is 22.2 Å². The maximum absolute atomic E-state index is 13.3. The molecule has 1 amide bonds. The van der Waals surface area contributed by atoms with Crippen molar-refractivity contribution in [3.05, 3.63) is 71.7 Å². The van der Waals surface area contributed by atoms with Crippen molar-refractivity contribution in [1.29, 1.82) is 0 Å². The van der Waals surface area contributed by atoms with E-state index in [2.05, 4.69) is 31.8 Å². The van der Waals surface area contributed by atoms with Gasteiger partial charge in [0.05, 0.1) is 26.9 Å². The normalized spacial score (nSPS) is 13.4. The van der Waals surface area contributed by atoms with E-state index < -0.39 is 0 Å². The zero-order valence-electron chi connectivity index (χ0n) is 18.7. The molecule has 0 saturated heterocycles. The molecular formula is C25H23N7OS. The first kappa shape index (κ1) is 20.7. The van der Waals surface area contributed by atoms with Gasteiger partial charge in [-0.15, -0.1) is 0 Å². The number of amides is 1. The standard InChI is InChI=1S/C25H23N7OS/c1-15-22-17(24(33)27-12-13-28-25-30-18-6-2-3-7-20(18)34-25)14-19(16-9-10-16)29-23(22)32(31-15)21-8-4-5-11-26-21/h2-8,11,14,16H,9-10,12-13H2,1H3,(H,27,33)(H,28,30). The number of hydrogen-bond acceptors (Lipinski definition) is 7.